The molecule has 2 heterocycles. The SMILES string of the molecule is CN1CCN(C(C(=O)NNc2cc(C(F)(F)F)cc(C(F)(F)F)c2)c2ncccc2Cl)CC1. The van der Waals surface area contributed by atoms with Crippen LogP contribution in [0.1, 0.15) is 22.9 Å². The predicted molar refractivity (Wildman–Crippen MR) is 109 cm³/mol. The normalized spacial score (nSPS) is 17.0. The van der Waals surface area contributed by atoms with Crippen molar-refractivity contribution in [1.29, 1.82) is 0 Å². The van der Waals surface area contributed by atoms with Gasteiger partial charge in [-0.05, 0) is 37.4 Å². The Balaban J connectivity index is 1.86. The Bertz CT molecular complexity index is 959. The average molecular weight is 496 g/mol. The number of anilines is 1. The van der Waals surface area contributed by atoms with Crippen LogP contribution in [0.3, 0.4) is 0 Å². The number of amides is 1. The number of hydrogen-bond acceptors (Lipinski definition) is 5. The van der Waals surface area contributed by atoms with E-state index in [0.29, 0.717) is 38.3 Å². The van der Waals surface area contributed by atoms with Crippen molar-refractivity contribution in [2.75, 3.05) is 38.7 Å². The number of hydrazine groups is 1. The van der Waals surface area contributed by atoms with Crippen LogP contribution in [0.15, 0.2) is 36.5 Å². The summed E-state index contributed by atoms with van der Waals surface area (Å²) < 4.78 is 78.5. The molecule has 1 aliphatic rings. The highest BCUT2D eigenvalue weighted by Crippen LogP contribution is 2.37. The Morgan fingerprint density at radius 3 is 2.12 bits per heavy atom. The highest BCUT2D eigenvalue weighted by molar-refractivity contribution is 6.31. The van der Waals surface area contributed by atoms with Crippen molar-refractivity contribution < 1.29 is 31.1 Å². The minimum Gasteiger partial charge on any atom is -0.304 e. The fourth-order valence-corrected chi connectivity index (χ4v) is 3.60. The maximum absolute atomic E-state index is 13.1. The summed E-state index contributed by atoms with van der Waals surface area (Å²) in [5.41, 5.74) is 1.04. The first kappa shape index (κ1) is 25.1. The van der Waals surface area contributed by atoms with E-state index in [1.54, 1.807) is 11.0 Å². The Hall–Kier alpha value is -2.57. The fourth-order valence-electron chi connectivity index (χ4n) is 3.37. The third-order valence-electron chi connectivity index (χ3n) is 5.12. The van der Waals surface area contributed by atoms with Gasteiger partial charge in [-0.25, -0.2) is 0 Å². The summed E-state index contributed by atoms with van der Waals surface area (Å²) in [6, 6.07) is 3.07. The van der Waals surface area contributed by atoms with E-state index >= 15 is 0 Å². The maximum atomic E-state index is 13.1. The molecular formula is C20H20ClF6N5O. The van der Waals surface area contributed by atoms with Crippen LogP contribution in [0.25, 0.3) is 0 Å². The van der Waals surface area contributed by atoms with Crippen LogP contribution in [0.5, 0.6) is 0 Å². The van der Waals surface area contributed by atoms with Gasteiger partial charge in [0.05, 0.1) is 27.5 Å². The summed E-state index contributed by atoms with van der Waals surface area (Å²) in [6.45, 7) is 2.24. The molecule has 0 saturated carbocycles. The summed E-state index contributed by atoms with van der Waals surface area (Å²) in [5.74, 6) is -0.730. The molecule has 13 heteroatoms. The molecule has 1 fully saturated rings. The lowest BCUT2D eigenvalue weighted by molar-refractivity contribution is -0.143. The standard InChI is InChI=1S/C20H20ClF6N5O/c1-31-5-7-32(8-6-31)17(16-15(21)3-2-4-28-16)18(33)30-29-14-10-12(19(22,23)24)9-13(11-14)20(25,26)27/h2-4,9-11,17,29H,5-8H2,1H3,(H,30,33). The number of alkyl halides is 6. The quantitative estimate of drug-likeness (QED) is 0.481. The van der Waals surface area contributed by atoms with Gasteiger partial charge < -0.3 is 4.90 Å². The predicted octanol–water partition coefficient (Wildman–Crippen LogP) is 4.20. The molecule has 0 radical (unpaired) electrons. The minimum atomic E-state index is -5.01. The first-order chi connectivity index (χ1) is 15.4. The summed E-state index contributed by atoms with van der Waals surface area (Å²) in [4.78, 5) is 21.0. The number of nitrogens with zero attached hydrogens (tertiary/aromatic N) is 3. The zero-order valence-electron chi connectivity index (χ0n) is 17.3. The first-order valence-corrected chi connectivity index (χ1v) is 10.1. The van der Waals surface area contributed by atoms with Gasteiger partial charge >= 0.3 is 12.4 Å². The second-order valence-corrected chi connectivity index (χ2v) is 7.93. The van der Waals surface area contributed by atoms with Crippen LogP contribution >= 0.6 is 11.6 Å². The van der Waals surface area contributed by atoms with Gasteiger partial charge in [0.15, 0.2) is 0 Å². The molecule has 3 rings (SSSR count). The number of pyridine rings is 1. The molecule has 1 atom stereocenters. The number of nitrogens with one attached hydrogen (secondary N) is 2. The highest BCUT2D eigenvalue weighted by atomic mass is 35.5. The molecule has 0 bridgehead atoms. The summed E-state index contributed by atoms with van der Waals surface area (Å²) in [7, 11) is 1.91. The van der Waals surface area contributed by atoms with Gasteiger partial charge in [0.2, 0.25) is 0 Å². The van der Waals surface area contributed by atoms with Crippen LogP contribution in [0.4, 0.5) is 32.0 Å². The summed E-state index contributed by atoms with van der Waals surface area (Å²) in [5, 5.41) is 0.204. The van der Waals surface area contributed by atoms with Gasteiger partial charge in [-0.3, -0.25) is 25.5 Å². The van der Waals surface area contributed by atoms with Gasteiger partial charge in [0.1, 0.15) is 6.04 Å². The van der Waals surface area contributed by atoms with E-state index in [2.05, 4.69) is 15.8 Å². The van der Waals surface area contributed by atoms with E-state index in [1.807, 2.05) is 11.9 Å². The van der Waals surface area contributed by atoms with Crippen LogP contribution < -0.4 is 10.9 Å². The van der Waals surface area contributed by atoms with E-state index in [4.69, 9.17) is 11.6 Å². The molecule has 6 nitrogen and oxygen atoms in total. The molecule has 1 amide bonds. The number of likely N-dealkylation sites (N-methyl/N-ethyl adjacent to an activating group) is 1. The molecule has 1 unspecified atom stereocenters. The molecule has 0 spiro atoms. The van der Waals surface area contributed by atoms with E-state index in [9.17, 15) is 31.1 Å². The Kier molecular flexibility index (Phi) is 7.39. The second kappa shape index (κ2) is 9.74. The fraction of sp³-hybridized carbons (Fsp3) is 0.400. The van der Waals surface area contributed by atoms with Crippen LogP contribution in [-0.2, 0) is 17.1 Å². The van der Waals surface area contributed by atoms with Crippen LogP contribution in [-0.4, -0.2) is 53.9 Å². The molecule has 180 valence electrons. The number of carbonyl (C=O) groups is 1. The van der Waals surface area contributed by atoms with E-state index in [-0.39, 0.29) is 16.8 Å². The first-order valence-electron chi connectivity index (χ1n) is 9.74. The number of aromatic nitrogens is 1. The van der Waals surface area contributed by atoms with Gasteiger partial charge in [0, 0.05) is 32.4 Å². The Morgan fingerprint density at radius 1 is 1.03 bits per heavy atom. The van der Waals surface area contributed by atoms with E-state index < -0.39 is 41.1 Å². The van der Waals surface area contributed by atoms with Crippen LogP contribution in [0.2, 0.25) is 5.02 Å². The molecule has 0 aliphatic carbocycles. The van der Waals surface area contributed by atoms with Crippen LogP contribution in [0, 0.1) is 0 Å². The highest BCUT2D eigenvalue weighted by Gasteiger charge is 2.37. The van der Waals surface area contributed by atoms with Crippen molar-refractivity contribution in [3.63, 3.8) is 0 Å². The molecule has 2 N–H and O–H groups in total. The maximum Gasteiger partial charge on any atom is 0.416 e. The Labute approximate surface area is 190 Å². The molecule has 1 saturated heterocycles. The lowest BCUT2D eigenvalue weighted by Gasteiger charge is -2.37. The molecule has 1 aromatic heterocycles. The number of hydrogen-bond donors (Lipinski definition) is 2. The molecule has 1 aliphatic heterocycles. The van der Waals surface area contributed by atoms with Gasteiger partial charge in [-0.1, -0.05) is 11.6 Å². The third-order valence-corrected chi connectivity index (χ3v) is 5.43. The van der Waals surface area contributed by atoms with Crippen molar-refractivity contribution >= 4 is 23.2 Å². The molecule has 33 heavy (non-hydrogen) atoms. The second-order valence-electron chi connectivity index (χ2n) is 7.52. The number of benzene rings is 1. The topological polar surface area (TPSA) is 60.5 Å². The lowest BCUT2D eigenvalue weighted by Crippen LogP contribution is -2.50. The van der Waals surface area contributed by atoms with Gasteiger partial charge in [-0.2, -0.15) is 26.3 Å². The zero-order valence-corrected chi connectivity index (χ0v) is 18.0. The smallest absolute Gasteiger partial charge is 0.304 e. The largest absolute Gasteiger partial charge is 0.416 e. The number of piperazine rings is 1. The monoisotopic (exact) mass is 495 g/mol. The molecular weight excluding hydrogens is 476 g/mol. The lowest BCUT2D eigenvalue weighted by atomic mass is 10.1. The molecule has 2 aromatic rings. The minimum absolute atomic E-state index is 0.00764. The third kappa shape index (κ3) is 6.27. The average Bonchev–Trinajstić information content (AvgIpc) is 2.73. The van der Waals surface area contributed by atoms with Gasteiger partial charge in [-0.15, -0.1) is 0 Å². The van der Waals surface area contributed by atoms with Crippen molar-refractivity contribution in [1.82, 2.24) is 20.2 Å². The van der Waals surface area contributed by atoms with Crippen molar-refractivity contribution in [3.8, 4) is 0 Å². The van der Waals surface area contributed by atoms with E-state index in [1.165, 1.54) is 12.3 Å². The van der Waals surface area contributed by atoms with Crippen molar-refractivity contribution in [2.24, 2.45) is 0 Å². The number of rotatable bonds is 5. The van der Waals surface area contributed by atoms with Gasteiger partial charge in [0.25, 0.3) is 5.91 Å². The zero-order chi connectivity index (χ0) is 24.4. The summed E-state index contributed by atoms with van der Waals surface area (Å²) >= 11 is 6.22. The van der Waals surface area contributed by atoms with Crippen molar-refractivity contribution in [2.45, 2.75) is 18.4 Å². The summed E-state index contributed by atoms with van der Waals surface area (Å²) in [6.07, 6.45) is -8.58. The van der Waals surface area contributed by atoms with Crippen molar-refractivity contribution in [3.05, 3.63) is 58.4 Å². The van der Waals surface area contributed by atoms with E-state index in [0.717, 1.165) is 0 Å². The Morgan fingerprint density at radius 2 is 1.61 bits per heavy atom. The molecule has 1 aromatic carbocycles. The number of halogens is 7. The number of carbonyl (C=O) groups excluding carboxylic acids is 1.